The quantitative estimate of drug-likeness (QED) is 0.773. The summed E-state index contributed by atoms with van der Waals surface area (Å²) in [6.45, 7) is 8.24. The van der Waals surface area contributed by atoms with E-state index in [4.69, 9.17) is 9.47 Å². The van der Waals surface area contributed by atoms with Gasteiger partial charge in [-0.1, -0.05) is 25.5 Å². The molecule has 6 nitrogen and oxygen atoms in total. The Morgan fingerprint density at radius 3 is 2.15 bits per heavy atom. The lowest BCUT2D eigenvalue weighted by Crippen LogP contribution is -2.25. The first kappa shape index (κ1) is 20.8. The SMILES string of the molecule is COc1cc(NC(=O)[C@@H]2[C@@H](C=C(C)C)C2(C)C)c(C(=O)N(C)C)cc1OC. The molecule has 0 radical (unpaired) electrons. The van der Waals surface area contributed by atoms with Gasteiger partial charge >= 0.3 is 0 Å². The molecule has 1 aliphatic carbocycles. The minimum absolute atomic E-state index is 0.0949. The van der Waals surface area contributed by atoms with Crippen LogP contribution >= 0.6 is 0 Å². The number of anilines is 1. The molecule has 1 aromatic carbocycles. The molecule has 0 aromatic heterocycles. The molecule has 27 heavy (non-hydrogen) atoms. The number of hydrogen-bond donors (Lipinski definition) is 1. The Hall–Kier alpha value is -2.50. The van der Waals surface area contributed by atoms with Gasteiger partial charge in [0, 0.05) is 20.2 Å². The van der Waals surface area contributed by atoms with Crippen molar-refractivity contribution < 1.29 is 19.1 Å². The zero-order valence-corrected chi connectivity index (χ0v) is 17.5. The Morgan fingerprint density at radius 1 is 1.11 bits per heavy atom. The Morgan fingerprint density at radius 2 is 1.67 bits per heavy atom. The number of rotatable bonds is 6. The first-order valence-corrected chi connectivity index (χ1v) is 8.98. The molecular formula is C21H30N2O4. The van der Waals surface area contributed by atoms with E-state index in [1.165, 1.54) is 24.7 Å². The molecule has 0 unspecified atom stereocenters. The highest BCUT2D eigenvalue weighted by Crippen LogP contribution is 2.59. The van der Waals surface area contributed by atoms with Crippen LogP contribution < -0.4 is 14.8 Å². The van der Waals surface area contributed by atoms with E-state index in [0.29, 0.717) is 22.7 Å². The van der Waals surface area contributed by atoms with Crippen molar-refractivity contribution in [2.24, 2.45) is 17.3 Å². The van der Waals surface area contributed by atoms with Crippen LogP contribution in [0.15, 0.2) is 23.8 Å². The van der Waals surface area contributed by atoms with Gasteiger partial charge in [-0.25, -0.2) is 0 Å². The maximum Gasteiger partial charge on any atom is 0.255 e. The van der Waals surface area contributed by atoms with Crippen LogP contribution in [-0.4, -0.2) is 45.0 Å². The van der Waals surface area contributed by atoms with Crippen LogP contribution in [0.1, 0.15) is 38.1 Å². The number of hydrogen-bond acceptors (Lipinski definition) is 4. The second-order valence-electron chi connectivity index (χ2n) is 8.01. The molecule has 0 saturated heterocycles. The highest BCUT2D eigenvalue weighted by Gasteiger charge is 2.60. The van der Waals surface area contributed by atoms with Gasteiger partial charge in [-0.3, -0.25) is 9.59 Å². The van der Waals surface area contributed by atoms with Crippen molar-refractivity contribution in [3.05, 3.63) is 29.3 Å². The summed E-state index contributed by atoms with van der Waals surface area (Å²) in [5.74, 6) is 0.636. The Bertz CT molecular complexity index is 777. The lowest BCUT2D eigenvalue weighted by atomic mass is 10.1. The van der Waals surface area contributed by atoms with Gasteiger partial charge in [-0.2, -0.15) is 0 Å². The number of carbonyl (C=O) groups excluding carboxylic acids is 2. The molecule has 1 aromatic rings. The van der Waals surface area contributed by atoms with Crippen molar-refractivity contribution in [3.8, 4) is 11.5 Å². The first-order chi connectivity index (χ1) is 12.5. The van der Waals surface area contributed by atoms with Crippen LogP contribution in [0.4, 0.5) is 5.69 Å². The third-order valence-electron chi connectivity index (χ3n) is 5.12. The van der Waals surface area contributed by atoms with Crippen molar-refractivity contribution in [3.63, 3.8) is 0 Å². The molecule has 1 N–H and O–H groups in total. The smallest absolute Gasteiger partial charge is 0.255 e. The van der Waals surface area contributed by atoms with Crippen molar-refractivity contribution in [1.29, 1.82) is 0 Å². The summed E-state index contributed by atoms with van der Waals surface area (Å²) < 4.78 is 10.6. The van der Waals surface area contributed by atoms with E-state index in [0.717, 1.165) is 0 Å². The summed E-state index contributed by atoms with van der Waals surface area (Å²) in [7, 11) is 6.36. The summed E-state index contributed by atoms with van der Waals surface area (Å²) in [6, 6.07) is 3.24. The van der Waals surface area contributed by atoms with Crippen LogP contribution in [0.25, 0.3) is 0 Å². The van der Waals surface area contributed by atoms with Crippen LogP contribution in [0.3, 0.4) is 0 Å². The highest BCUT2D eigenvalue weighted by atomic mass is 16.5. The van der Waals surface area contributed by atoms with Gasteiger partial charge in [0.05, 0.1) is 31.4 Å². The lowest BCUT2D eigenvalue weighted by Gasteiger charge is -2.18. The Balaban J connectivity index is 2.38. The van der Waals surface area contributed by atoms with Crippen molar-refractivity contribution in [1.82, 2.24) is 4.90 Å². The van der Waals surface area contributed by atoms with Crippen LogP contribution in [0.5, 0.6) is 11.5 Å². The van der Waals surface area contributed by atoms with E-state index in [9.17, 15) is 9.59 Å². The van der Waals surface area contributed by atoms with E-state index in [2.05, 4.69) is 25.2 Å². The van der Waals surface area contributed by atoms with Gasteiger partial charge < -0.3 is 19.7 Å². The van der Waals surface area contributed by atoms with Gasteiger partial charge in [-0.05, 0) is 31.2 Å². The molecule has 2 amide bonds. The van der Waals surface area contributed by atoms with Gasteiger partial charge in [0.2, 0.25) is 5.91 Å². The zero-order valence-electron chi connectivity index (χ0n) is 17.5. The number of ether oxygens (including phenoxy) is 2. The number of carbonyl (C=O) groups is 2. The molecule has 6 heteroatoms. The third kappa shape index (κ3) is 4.10. The van der Waals surface area contributed by atoms with Crippen molar-refractivity contribution >= 4 is 17.5 Å². The molecule has 2 atom stereocenters. The number of nitrogens with zero attached hydrogens (tertiary/aromatic N) is 1. The van der Waals surface area contributed by atoms with E-state index in [1.807, 2.05) is 13.8 Å². The Kier molecular flexibility index (Phi) is 5.88. The molecule has 148 valence electrons. The fourth-order valence-corrected chi connectivity index (χ4v) is 3.46. The lowest BCUT2D eigenvalue weighted by molar-refractivity contribution is -0.118. The molecule has 0 aliphatic heterocycles. The predicted molar refractivity (Wildman–Crippen MR) is 106 cm³/mol. The summed E-state index contributed by atoms with van der Waals surface area (Å²) in [5.41, 5.74) is 1.88. The van der Waals surface area contributed by atoms with Crippen LogP contribution in [-0.2, 0) is 4.79 Å². The average Bonchev–Trinajstić information content (AvgIpc) is 3.12. The maximum absolute atomic E-state index is 12.9. The molecule has 2 rings (SSSR count). The summed E-state index contributed by atoms with van der Waals surface area (Å²) in [6.07, 6.45) is 2.14. The number of methoxy groups -OCH3 is 2. The van der Waals surface area contributed by atoms with E-state index < -0.39 is 0 Å². The molecule has 1 fully saturated rings. The maximum atomic E-state index is 12.9. The fraction of sp³-hybridized carbons (Fsp3) is 0.524. The van der Waals surface area contributed by atoms with Gasteiger partial charge in [0.15, 0.2) is 11.5 Å². The molecule has 1 saturated carbocycles. The predicted octanol–water partition coefficient (Wildman–Crippen LogP) is 3.58. The fourth-order valence-electron chi connectivity index (χ4n) is 3.46. The number of benzene rings is 1. The third-order valence-corrected chi connectivity index (χ3v) is 5.12. The molecule has 1 aliphatic rings. The molecular weight excluding hydrogens is 344 g/mol. The van der Waals surface area contributed by atoms with Crippen LogP contribution in [0.2, 0.25) is 0 Å². The second kappa shape index (κ2) is 7.62. The monoisotopic (exact) mass is 374 g/mol. The summed E-state index contributed by atoms with van der Waals surface area (Å²) >= 11 is 0. The highest BCUT2D eigenvalue weighted by molar-refractivity contribution is 6.05. The Labute approximate surface area is 161 Å². The topological polar surface area (TPSA) is 67.9 Å². The van der Waals surface area contributed by atoms with Crippen molar-refractivity contribution in [2.45, 2.75) is 27.7 Å². The van der Waals surface area contributed by atoms with E-state index in [-0.39, 0.29) is 29.1 Å². The minimum Gasteiger partial charge on any atom is -0.493 e. The standard InChI is InChI=1S/C21H30N2O4/c1-12(2)9-14-18(21(14,3)4)19(24)22-15-11-17(27-8)16(26-7)10-13(15)20(25)23(5)6/h9-11,14,18H,1-8H3,(H,22,24)/t14-,18+/m1/s1. The number of allylic oxidation sites excluding steroid dienone is 2. The second-order valence-corrected chi connectivity index (χ2v) is 8.01. The van der Waals surface area contributed by atoms with Crippen LogP contribution in [0, 0.1) is 17.3 Å². The van der Waals surface area contributed by atoms with Crippen molar-refractivity contribution in [2.75, 3.05) is 33.6 Å². The van der Waals surface area contributed by atoms with Gasteiger partial charge in [0.25, 0.3) is 5.91 Å². The molecule has 0 heterocycles. The first-order valence-electron chi connectivity index (χ1n) is 8.98. The average molecular weight is 374 g/mol. The normalized spacial score (nSPS) is 19.7. The summed E-state index contributed by atoms with van der Waals surface area (Å²) in [4.78, 5) is 27.0. The van der Waals surface area contributed by atoms with E-state index in [1.54, 1.807) is 26.2 Å². The number of nitrogens with one attached hydrogen (secondary N) is 1. The largest absolute Gasteiger partial charge is 0.493 e. The summed E-state index contributed by atoms with van der Waals surface area (Å²) in [5, 5.41) is 2.94. The zero-order chi connectivity index (χ0) is 20.5. The van der Waals surface area contributed by atoms with Gasteiger partial charge in [0.1, 0.15) is 0 Å². The molecule has 0 spiro atoms. The van der Waals surface area contributed by atoms with Gasteiger partial charge in [-0.15, -0.1) is 0 Å². The number of amides is 2. The molecule has 0 bridgehead atoms. The minimum atomic E-state index is -0.220. The van der Waals surface area contributed by atoms with E-state index >= 15 is 0 Å².